The molecule has 4 nitrogen and oxygen atoms in total. The molecule has 1 aromatic carbocycles. The molecule has 1 aliphatic rings. The summed E-state index contributed by atoms with van der Waals surface area (Å²) < 4.78 is 1.79. The number of fused-ring (bicyclic) bond motifs is 1. The molecule has 0 saturated heterocycles. The van der Waals surface area contributed by atoms with Crippen molar-refractivity contribution in [2.75, 3.05) is 0 Å². The Bertz CT molecular complexity index is 748. The molecule has 96 valence electrons. The predicted molar refractivity (Wildman–Crippen MR) is 73.8 cm³/mol. The molecule has 0 aliphatic heterocycles. The minimum Gasteiger partial charge on any atom is -0.323 e. The van der Waals surface area contributed by atoms with Gasteiger partial charge in [0.1, 0.15) is 0 Å². The molecule has 0 amide bonds. The molecule has 0 bridgehead atoms. The molecule has 1 heterocycles. The van der Waals surface area contributed by atoms with Gasteiger partial charge in [0.15, 0.2) is 0 Å². The molecule has 1 aromatic heterocycles. The number of aromatic nitrogens is 1. The maximum Gasteiger partial charge on any atom is 0.260 e. The summed E-state index contributed by atoms with van der Waals surface area (Å²) in [6, 6.07) is 9.46. The van der Waals surface area contributed by atoms with Gasteiger partial charge in [0.25, 0.3) is 5.56 Å². The lowest BCUT2D eigenvalue weighted by Crippen LogP contribution is -2.26. The largest absolute Gasteiger partial charge is 0.323 e. The first-order valence-corrected chi connectivity index (χ1v) is 6.47. The van der Waals surface area contributed by atoms with Crippen LogP contribution in [0.15, 0.2) is 29.1 Å². The Balaban J connectivity index is 2.44. The Morgan fingerprint density at radius 2 is 2.21 bits per heavy atom. The molecule has 1 atom stereocenters. The molecule has 2 aromatic rings. The smallest absolute Gasteiger partial charge is 0.260 e. The Morgan fingerprint density at radius 1 is 1.47 bits per heavy atom. The van der Waals surface area contributed by atoms with E-state index in [2.05, 4.69) is 6.07 Å². The van der Waals surface area contributed by atoms with Gasteiger partial charge in [-0.1, -0.05) is 12.1 Å². The van der Waals surface area contributed by atoms with E-state index in [-0.39, 0.29) is 17.6 Å². The molecule has 1 aliphatic carbocycles. The van der Waals surface area contributed by atoms with E-state index in [0.29, 0.717) is 10.9 Å². The molecule has 2 N–H and O–H groups in total. The highest BCUT2D eigenvalue weighted by Crippen LogP contribution is 2.36. The third-order valence-electron chi connectivity index (χ3n) is 3.61. The summed E-state index contributed by atoms with van der Waals surface area (Å²) in [5.74, 6) is 0. The third kappa shape index (κ3) is 1.83. The monoisotopic (exact) mass is 253 g/mol. The molecule has 19 heavy (non-hydrogen) atoms. The Morgan fingerprint density at radius 3 is 2.79 bits per heavy atom. The van der Waals surface area contributed by atoms with Gasteiger partial charge < -0.3 is 10.3 Å². The fourth-order valence-electron chi connectivity index (χ4n) is 2.55. The van der Waals surface area contributed by atoms with Crippen molar-refractivity contribution >= 4 is 10.8 Å². The fourth-order valence-corrected chi connectivity index (χ4v) is 2.55. The van der Waals surface area contributed by atoms with Gasteiger partial charge in [-0.15, -0.1) is 0 Å². The fraction of sp³-hybridized carbons (Fsp3) is 0.333. The Hall–Kier alpha value is -2.12. The van der Waals surface area contributed by atoms with E-state index in [0.717, 1.165) is 23.9 Å². The zero-order valence-electron chi connectivity index (χ0n) is 10.8. The van der Waals surface area contributed by atoms with Crippen molar-refractivity contribution in [3.8, 4) is 6.07 Å². The number of benzene rings is 1. The Kier molecular flexibility index (Phi) is 2.65. The highest BCUT2D eigenvalue weighted by Gasteiger charge is 2.28. The van der Waals surface area contributed by atoms with Gasteiger partial charge in [0.05, 0.1) is 17.0 Å². The normalized spacial score (nSPS) is 16.3. The summed E-state index contributed by atoms with van der Waals surface area (Å²) >= 11 is 0. The van der Waals surface area contributed by atoms with Crippen LogP contribution in [0, 0.1) is 11.3 Å². The van der Waals surface area contributed by atoms with Crippen LogP contribution in [0.1, 0.15) is 43.1 Å². The van der Waals surface area contributed by atoms with E-state index in [1.54, 1.807) is 16.7 Å². The standard InChI is InChI=1S/C15H15N3O/c1-9(17)13-7-10-3-2-4-11(8-16)14(10)15(19)18(13)12-5-6-12/h2-4,7,9,12H,5-6,17H2,1H3. The summed E-state index contributed by atoms with van der Waals surface area (Å²) in [5.41, 5.74) is 7.20. The lowest BCUT2D eigenvalue weighted by molar-refractivity contribution is 0.620. The maximum atomic E-state index is 12.7. The number of nitrogens with two attached hydrogens (primary N) is 1. The second kappa shape index (κ2) is 4.22. The average Bonchev–Trinajstić information content (AvgIpc) is 3.21. The van der Waals surface area contributed by atoms with Gasteiger partial charge in [-0.3, -0.25) is 4.79 Å². The zero-order valence-corrected chi connectivity index (χ0v) is 10.8. The van der Waals surface area contributed by atoms with Crippen LogP contribution in [0.4, 0.5) is 0 Å². The van der Waals surface area contributed by atoms with Crippen LogP contribution in [0.2, 0.25) is 0 Å². The van der Waals surface area contributed by atoms with Crippen LogP contribution in [0.5, 0.6) is 0 Å². The summed E-state index contributed by atoms with van der Waals surface area (Å²) in [4.78, 5) is 12.7. The van der Waals surface area contributed by atoms with Gasteiger partial charge in [0, 0.05) is 17.8 Å². The molecule has 1 unspecified atom stereocenters. The number of hydrogen-bond acceptors (Lipinski definition) is 3. The first-order valence-electron chi connectivity index (χ1n) is 6.47. The van der Waals surface area contributed by atoms with Crippen molar-refractivity contribution < 1.29 is 0 Å². The van der Waals surface area contributed by atoms with E-state index in [4.69, 9.17) is 11.0 Å². The molecular weight excluding hydrogens is 238 g/mol. The lowest BCUT2D eigenvalue weighted by Gasteiger charge is -2.16. The SMILES string of the molecule is CC(N)c1cc2cccc(C#N)c2c(=O)n1C1CC1. The highest BCUT2D eigenvalue weighted by atomic mass is 16.1. The van der Waals surface area contributed by atoms with Crippen molar-refractivity contribution in [3.63, 3.8) is 0 Å². The minimum absolute atomic E-state index is 0.0792. The average molecular weight is 253 g/mol. The van der Waals surface area contributed by atoms with Gasteiger partial charge >= 0.3 is 0 Å². The summed E-state index contributed by atoms with van der Waals surface area (Å²) in [6.07, 6.45) is 2.03. The summed E-state index contributed by atoms with van der Waals surface area (Å²) in [7, 11) is 0. The molecule has 0 radical (unpaired) electrons. The van der Waals surface area contributed by atoms with Gasteiger partial charge in [-0.05, 0) is 37.3 Å². The lowest BCUT2D eigenvalue weighted by atomic mass is 10.0. The first-order chi connectivity index (χ1) is 9.13. The molecule has 0 spiro atoms. The molecule has 3 rings (SSSR count). The second-order valence-electron chi connectivity index (χ2n) is 5.15. The van der Waals surface area contributed by atoms with Crippen LogP contribution >= 0.6 is 0 Å². The second-order valence-corrected chi connectivity index (χ2v) is 5.15. The number of nitrogens with zero attached hydrogens (tertiary/aromatic N) is 2. The molecular formula is C15H15N3O. The number of hydrogen-bond donors (Lipinski definition) is 1. The van der Waals surface area contributed by atoms with E-state index in [9.17, 15) is 4.79 Å². The molecule has 1 saturated carbocycles. The van der Waals surface area contributed by atoms with Crippen LogP contribution in [0.3, 0.4) is 0 Å². The number of nitriles is 1. The van der Waals surface area contributed by atoms with Crippen molar-refractivity contribution in [2.45, 2.75) is 31.8 Å². The maximum absolute atomic E-state index is 12.7. The number of pyridine rings is 1. The van der Waals surface area contributed by atoms with Crippen molar-refractivity contribution in [3.05, 3.63) is 45.9 Å². The summed E-state index contributed by atoms with van der Waals surface area (Å²) in [5, 5.41) is 10.5. The van der Waals surface area contributed by atoms with Gasteiger partial charge in [-0.2, -0.15) is 5.26 Å². The van der Waals surface area contributed by atoms with Crippen molar-refractivity contribution in [2.24, 2.45) is 5.73 Å². The third-order valence-corrected chi connectivity index (χ3v) is 3.61. The van der Waals surface area contributed by atoms with E-state index >= 15 is 0 Å². The van der Waals surface area contributed by atoms with Crippen LogP contribution < -0.4 is 11.3 Å². The van der Waals surface area contributed by atoms with Crippen molar-refractivity contribution in [1.29, 1.82) is 5.26 Å². The predicted octanol–water partition coefficient (Wildman–Crippen LogP) is 2.23. The van der Waals surface area contributed by atoms with E-state index in [1.165, 1.54) is 0 Å². The van der Waals surface area contributed by atoms with Gasteiger partial charge in [0.2, 0.25) is 0 Å². The van der Waals surface area contributed by atoms with Gasteiger partial charge in [-0.25, -0.2) is 0 Å². The van der Waals surface area contributed by atoms with Crippen LogP contribution in [-0.2, 0) is 0 Å². The van der Waals surface area contributed by atoms with E-state index < -0.39 is 0 Å². The quantitative estimate of drug-likeness (QED) is 0.892. The van der Waals surface area contributed by atoms with E-state index in [1.807, 2.05) is 19.1 Å². The minimum atomic E-state index is -0.191. The first kappa shape index (κ1) is 11.9. The Labute approximate surface area is 111 Å². The summed E-state index contributed by atoms with van der Waals surface area (Å²) in [6.45, 7) is 1.88. The highest BCUT2D eigenvalue weighted by molar-refractivity contribution is 5.87. The topological polar surface area (TPSA) is 71.8 Å². The molecule has 4 heteroatoms. The van der Waals surface area contributed by atoms with Crippen molar-refractivity contribution in [1.82, 2.24) is 4.57 Å². The zero-order chi connectivity index (χ0) is 13.6. The van der Waals surface area contributed by atoms with Crippen LogP contribution in [-0.4, -0.2) is 4.57 Å². The number of rotatable bonds is 2. The van der Waals surface area contributed by atoms with Crippen LogP contribution in [0.25, 0.3) is 10.8 Å². The molecule has 1 fully saturated rings.